The summed E-state index contributed by atoms with van der Waals surface area (Å²) in [5.74, 6) is -2.10. The number of aliphatic hydroxyl groups is 2. The molecule has 1 saturated heterocycles. The topological polar surface area (TPSA) is 82.0 Å². The molecule has 1 unspecified atom stereocenters. The Bertz CT molecular complexity index is 405. The van der Waals surface area contributed by atoms with Gasteiger partial charge in [-0.15, -0.1) is 0 Å². The quantitative estimate of drug-likeness (QED) is 0.468. The highest BCUT2D eigenvalue weighted by Gasteiger charge is 2.44. The fraction of sp³-hybridized carbons (Fsp3) is 0.600. The molecule has 0 radical (unpaired) electrons. The summed E-state index contributed by atoms with van der Waals surface area (Å²) in [5.41, 5.74) is 0.180. The van der Waals surface area contributed by atoms with Gasteiger partial charge < -0.3 is 25.2 Å². The van der Waals surface area contributed by atoms with Crippen LogP contribution >= 0.6 is 12.2 Å². The van der Waals surface area contributed by atoms with Crippen LogP contribution < -0.4 is 5.32 Å². The number of thiocarbonyl (C=S) groups is 1. The van der Waals surface area contributed by atoms with E-state index in [1.807, 2.05) is 0 Å². The molecule has 6 nitrogen and oxygen atoms in total. The van der Waals surface area contributed by atoms with Crippen LogP contribution in [0.5, 0.6) is 0 Å². The van der Waals surface area contributed by atoms with Crippen molar-refractivity contribution < 1.29 is 24.1 Å². The van der Waals surface area contributed by atoms with E-state index in [0.29, 0.717) is 6.29 Å². The SMILES string of the molecule is O=CC1=CN([C@H]2CC[C@@](F)(CO)O2)C(O)NC1=S. The fourth-order valence-corrected chi connectivity index (χ4v) is 2.12. The van der Waals surface area contributed by atoms with Crippen LogP contribution in [0.3, 0.4) is 0 Å². The summed E-state index contributed by atoms with van der Waals surface area (Å²) in [5, 5.41) is 21.1. The van der Waals surface area contributed by atoms with E-state index in [4.69, 9.17) is 22.1 Å². The first-order chi connectivity index (χ1) is 8.49. The maximum absolute atomic E-state index is 13.7. The molecule has 2 heterocycles. The number of hydrogen-bond donors (Lipinski definition) is 3. The van der Waals surface area contributed by atoms with Crippen molar-refractivity contribution in [3.05, 3.63) is 11.8 Å². The summed E-state index contributed by atoms with van der Waals surface area (Å²) in [4.78, 5) is 12.1. The number of nitrogens with one attached hydrogen (secondary N) is 1. The van der Waals surface area contributed by atoms with Crippen LogP contribution in [0.2, 0.25) is 0 Å². The number of rotatable bonds is 3. The zero-order chi connectivity index (χ0) is 13.3. The zero-order valence-electron chi connectivity index (χ0n) is 9.38. The number of ether oxygens (including phenoxy) is 1. The Kier molecular flexibility index (Phi) is 3.62. The number of nitrogens with zero attached hydrogens (tertiary/aromatic N) is 1. The van der Waals surface area contributed by atoms with Crippen molar-refractivity contribution in [3.63, 3.8) is 0 Å². The average molecular weight is 276 g/mol. The molecule has 18 heavy (non-hydrogen) atoms. The van der Waals surface area contributed by atoms with Gasteiger partial charge in [-0.25, -0.2) is 4.39 Å². The number of halogens is 1. The Morgan fingerprint density at radius 2 is 2.50 bits per heavy atom. The molecule has 0 aromatic carbocycles. The van der Waals surface area contributed by atoms with Crippen LogP contribution in [0.4, 0.5) is 4.39 Å². The van der Waals surface area contributed by atoms with Gasteiger partial charge in [0.2, 0.25) is 12.2 Å². The largest absolute Gasteiger partial charge is 0.390 e. The molecule has 2 rings (SSSR count). The lowest BCUT2D eigenvalue weighted by Crippen LogP contribution is -2.53. The minimum Gasteiger partial charge on any atom is -0.390 e. The molecule has 0 bridgehead atoms. The van der Waals surface area contributed by atoms with Crippen molar-refractivity contribution in [2.45, 2.75) is 31.3 Å². The molecule has 0 aromatic heterocycles. The lowest BCUT2D eigenvalue weighted by molar-refractivity contribution is -0.203. The van der Waals surface area contributed by atoms with Gasteiger partial charge in [0.25, 0.3) is 0 Å². The van der Waals surface area contributed by atoms with E-state index in [2.05, 4.69) is 5.32 Å². The van der Waals surface area contributed by atoms with Crippen molar-refractivity contribution in [1.29, 1.82) is 0 Å². The molecule has 2 aliphatic heterocycles. The second-order valence-electron chi connectivity index (χ2n) is 4.15. The average Bonchev–Trinajstić information content (AvgIpc) is 2.73. The van der Waals surface area contributed by atoms with Gasteiger partial charge in [-0.05, 0) is 6.42 Å². The fourth-order valence-electron chi connectivity index (χ4n) is 1.92. The Labute approximate surface area is 108 Å². The van der Waals surface area contributed by atoms with Crippen molar-refractivity contribution >= 4 is 23.5 Å². The number of alkyl halides is 1. The first-order valence-corrected chi connectivity index (χ1v) is 5.81. The Morgan fingerprint density at radius 1 is 1.78 bits per heavy atom. The molecule has 0 saturated carbocycles. The summed E-state index contributed by atoms with van der Waals surface area (Å²) in [6.45, 7) is -0.747. The molecule has 100 valence electrons. The molecular formula is C10H13FN2O4S. The molecular weight excluding hydrogens is 263 g/mol. The van der Waals surface area contributed by atoms with Gasteiger partial charge in [-0.3, -0.25) is 4.79 Å². The predicted molar refractivity (Wildman–Crippen MR) is 62.8 cm³/mol. The third kappa shape index (κ3) is 2.37. The summed E-state index contributed by atoms with van der Waals surface area (Å²) in [6, 6.07) is 0. The van der Waals surface area contributed by atoms with E-state index in [1.54, 1.807) is 0 Å². The van der Waals surface area contributed by atoms with E-state index in [1.165, 1.54) is 11.1 Å². The van der Waals surface area contributed by atoms with Crippen LogP contribution in [0, 0.1) is 0 Å². The maximum Gasteiger partial charge on any atom is 0.234 e. The Balaban J connectivity index is 2.16. The molecule has 3 N–H and O–H groups in total. The van der Waals surface area contributed by atoms with Crippen LogP contribution in [0.15, 0.2) is 11.8 Å². The molecule has 0 aromatic rings. The van der Waals surface area contributed by atoms with Gasteiger partial charge in [0.15, 0.2) is 6.29 Å². The highest BCUT2D eigenvalue weighted by molar-refractivity contribution is 7.80. The van der Waals surface area contributed by atoms with Crippen molar-refractivity contribution in [1.82, 2.24) is 10.2 Å². The molecule has 0 amide bonds. The normalized spacial score (nSPS) is 36.3. The van der Waals surface area contributed by atoms with Crippen LogP contribution in [-0.2, 0) is 9.53 Å². The first-order valence-electron chi connectivity index (χ1n) is 5.40. The van der Waals surface area contributed by atoms with E-state index in [-0.39, 0.29) is 23.4 Å². The van der Waals surface area contributed by atoms with Crippen LogP contribution in [-0.4, -0.2) is 51.4 Å². The lowest BCUT2D eigenvalue weighted by Gasteiger charge is -2.36. The summed E-state index contributed by atoms with van der Waals surface area (Å²) in [6.07, 6.45) is 0.217. The van der Waals surface area contributed by atoms with E-state index in [0.717, 1.165) is 0 Å². The highest BCUT2D eigenvalue weighted by Crippen LogP contribution is 2.34. The third-order valence-corrected chi connectivity index (χ3v) is 3.25. The van der Waals surface area contributed by atoms with E-state index in [9.17, 15) is 14.3 Å². The lowest BCUT2D eigenvalue weighted by atomic mass is 10.2. The molecule has 0 aliphatic carbocycles. The Hall–Kier alpha value is -1.09. The predicted octanol–water partition coefficient (Wildman–Crippen LogP) is -0.628. The van der Waals surface area contributed by atoms with E-state index >= 15 is 0 Å². The molecule has 8 heteroatoms. The summed E-state index contributed by atoms with van der Waals surface area (Å²) >= 11 is 4.85. The number of aliphatic hydroxyl groups excluding tert-OH is 2. The molecule has 3 atom stereocenters. The highest BCUT2D eigenvalue weighted by atomic mass is 32.1. The van der Waals surface area contributed by atoms with E-state index < -0.39 is 25.0 Å². The van der Waals surface area contributed by atoms with Gasteiger partial charge in [-0.1, -0.05) is 12.2 Å². The summed E-state index contributed by atoms with van der Waals surface area (Å²) in [7, 11) is 0. The van der Waals surface area contributed by atoms with Crippen LogP contribution in [0.25, 0.3) is 0 Å². The Morgan fingerprint density at radius 3 is 3.06 bits per heavy atom. The smallest absolute Gasteiger partial charge is 0.234 e. The van der Waals surface area contributed by atoms with Crippen molar-refractivity contribution in [2.75, 3.05) is 6.61 Å². The van der Waals surface area contributed by atoms with Gasteiger partial charge >= 0.3 is 0 Å². The molecule has 2 aliphatic rings. The first kappa shape index (κ1) is 13.3. The monoisotopic (exact) mass is 276 g/mol. The molecule has 1 fully saturated rings. The van der Waals surface area contributed by atoms with Crippen molar-refractivity contribution in [3.8, 4) is 0 Å². The number of carbonyl (C=O) groups is 1. The third-order valence-electron chi connectivity index (χ3n) is 2.90. The minimum absolute atomic E-state index is 0.0199. The maximum atomic E-state index is 13.7. The van der Waals surface area contributed by atoms with Gasteiger partial charge in [0, 0.05) is 12.6 Å². The minimum atomic E-state index is -2.10. The summed E-state index contributed by atoms with van der Waals surface area (Å²) < 4.78 is 18.8. The molecule has 0 spiro atoms. The second-order valence-corrected chi connectivity index (χ2v) is 4.56. The second kappa shape index (κ2) is 4.88. The van der Waals surface area contributed by atoms with Gasteiger partial charge in [0.1, 0.15) is 17.8 Å². The van der Waals surface area contributed by atoms with Crippen molar-refractivity contribution in [2.24, 2.45) is 0 Å². The standard InChI is InChI=1S/C10H13FN2O4S/c11-10(5-15)2-1-7(17-10)13-3-6(4-14)8(18)12-9(13)16/h3-4,7,9,15-16H,1-2,5H2,(H,12,18)/t7-,9?,10+/m1/s1. The zero-order valence-corrected chi connectivity index (χ0v) is 10.2. The number of carbonyl (C=O) groups excluding carboxylic acids is 1. The number of aldehydes is 1. The van der Waals surface area contributed by atoms with Crippen LogP contribution in [0.1, 0.15) is 12.8 Å². The number of hydrogen-bond acceptors (Lipinski definition) is 6. The van der Waals surface area contributed by atoms with Gasteiger partial charge in [-0.2, -0.15) is 0 Å². The van der Waals surface area contributed by atoms with Gasteiger partial charge in [0.05, 0.1) is 5.57 Å².